The molecular formula is C16H24F3N3O2. The second kappa shape index (κ2) is 9.24. The minimum Gasteiger partial charge on any atom is -0.493 e. The molecule has 0 aliphatic heterocycles. The minimum absolute atomic E-state index is 0.0329. The number of nitrogens with zero attached hydrogens (tertiary/aromatic N) is 1. The van der Waals surface area contributed by atoms with Crippen LogP contribution in [-0.4, -0.2) is 32.4 Å². The smallest absolute Gasteiger partial charge is 0.422 e. The van der Waals surface area contributed by atoms with Crippen molar-refractivity contribution in [2.45, 2.75) is 33.0 Å². The molecule has 5 nitrogen and oxygen atoms in total. The molecule has 0 fully saturated rings. The van der Waals surface area contributed by atoms with Gasteiger partial charge in [-0.25, -0.2) is 4.99 Å². The van der Waals surface area contributed by atoms with Gasteiger partial charge in [0.1, 0.15) is 0 Å². The predicted octanol–water partition coefficient (Wildman–Crippen LogP) is 3.09. The molecule has 3 N–H and O–H groups in total. The quantitative estimate of drug-likeness (QED) is 0.560. The summed E-state index contributed by atoms with van der Waals surface area (Å²) in [5.74, 6) is 1.15. The topological polar surface area (TPSA) is 68.9 Å². The molecule has 1 aromatic carbocycles. The van der Waals surface area contributed by atoms with E-state index in [1.807, 2.05) is 0 Å². The van der Waals surface area contributed by atoms with E-state index in [-0.39, 0.29) is 18.0 Å². The number of nitrogens with one attached hydrogen (secondary N) is 1. The summed E-state index contributed by atoms with van der Waals surface area (Å²) in [5, 5.41) is 3.01. The fraction of sp³-hybridized carbons (Fsp3) is 0.562. The Balaban J connectivity index is 2.63. The molecule has 0 aliphatic carbocycles. The van der Waals surface area contributed by atoms with Gasteiger partial charge in [0.2, 0.25) is 0 Å². The first-order chi connectivity index (χ1) is 11.2. The van der Waals surface area contributed by atoms with Gasteiger partial charge >= 0.3 is 6.18 Å². The first-order valence-corrected chi connectivity index (χ1v) is 7.61. The molecule has 1 rings (SSSR count). The van der Waals surface area contributed by atoms with Crippen molar-refractivity contribution < 1.29 is 22.6 Å². The zero-order chi connectivity index (χ0) is 18.2. The van der Waals surface area contributed by atoms with Gasteiger partial charge in [0.25, 0.3) is 0 Å². The van der Waals surface area contributed by atoms with Crippen LogP contribution < -0.4 is 20.5 Å². The Labute approximate surface area is 140 Å². The Kier molecular flexibility index (Phi) is 7.67. The van der Waals surface area contributed by atoms with Gasteiger partial charge in [0.05, 0.1) is 13.7 Å². The van der Waals surface area contributed by atoms with E-state index >= 15 is 0 Å². The molecule has 0 aromatic heterocycles. The van der Waals surface area contributed by atoms with Crippen molar-refractivity contribution in [2.24, 2.45) is 16.6 Å². The number of hydrogen-bond acceptors (Lipinski definition) is 3. The highest BCUT2D eigenvalue weighted by atomic mass is 19.4. The van der Waals surface area contributed by atoms with Crippen molar-refractivity contribution >= 4 is 5.96 Å². The van der Waals surface area contributed by atoms with Crippen molar-refractivity contribution in [2.75, 3.05) is 20.3 Å². The van der Waals surface area contributed by atoms with Crippen molar-refractivity contribution in [1.29, 1.82) is 0 Å². The first-order valence-electron chi connectivity index (χ1n) is 7.61. The summed E-state index contributed by atoms with van der Waals surface area (Å²) in [7, 11) is 1.37. The molecule has 0 aliphatic rings. The van der Waals surface area contributed by atoms with E-state index in [9.17, 15) is 13.2 Å². The van der Waals surface area contributed by atoms with Crippen LogP contribution in [0.5, 0.6) is 11.5 Å². The van der Waals surface area contributed by atoms with Crippen LogP contribution in [0.15, 0.2) is 23.2 Å². The van der Waals surface area contributed by atoms with E-state index in [4.69, 9.17) is 15.2 Å². The third-order valence-electron chi connectivity index (χ3n) is 3.08. The molecule has 0 bridgehead atoms. The monoisotopic (exact) mass is 347 g/mol. The number of halogens is 3. The first kappa shape index (κ1) is 19.9. The lowest BCUT2D eigenvalue weighted by Gasteiger charge is -2.13. The van der Waals surface area contributed by atoms with Gasteiger partial charge in [-0.3, -0.25) is 0 Å². The minimum atomic E-state index is -4.40. The Hall–Kier alpha value is -2.12. The number of alkyl halides is 3. The summed E-state index contributed by atoms with van der Waals surface area (Å²) >= 11 is 0. The number of rotatable bonds is 8. The zero-order valence-electron chi connectivity index (χ0n) is 14.1. The van der Waals surface area contributed by atoms with E-state index in [2.05, 4.69) is 24.2 Å². The van der Waals surface area contributed by atoms with Gasteiger partial charge in [-0.15, -0.1) is 0 Å². The average Bonchev–Trinajstić information content (AvgIpc) is 2.50. The third-order valence-corrected chi connectivity index (χ3v) is 3.08. The number of benzene rings is 1. The molecule has 0 amide bonds. The molecule has 0 radical (unpaired) electrons. The van der Waals surface area contributed by atoms with Gasteiger partial charge in [0.15, 0.2) is 24.1 Å². The second-order valence-corrected chi connectivity index (χ2v) is 5.70. The number of methoxy groups -OCH3 is 1. The molecule has 0 spiro atoms. The number of guanidine groups is 1. The van der Waals surface area contributed by atoms with Crippen LogP contribution in [0.4, 0.5) is 13.2 Å². The molecule has 0 unspecified atom stereocenters. The second-order valence-electron chi connectivity index (χ2n) is 5.70. The molecule has 136 valence electrons. The summed E-state index contributed by atoms with van der Waals surface area (Å²) in [4.78, 5) is 4.19. The van der Waals surface area contributed by atoms with Gasteiger partial charge in [-0.05, 0) is 30.0 Å². The summed E-state index contributed by atoms with van der Waals surface area (Å²) in [6.07, 6.45) is -3.42. The normalized spacial score (nSPS) is 12.4. The van der Waals surface area contributed by atoms with E-state index in [1.165, 1.54) is 13.2 Å². The Morgan fingerprint density at radius 3 is 2.58 bits per heavy atom. The molecule has 8 heteroatoms. The summed E-state index contributed by atoms with van der Waals surface area (Å²) in [6, 6.07) is 4.63. The van der Waals surface area contributed by atoms with Crippen LogP contribution in [0, 0.1) is 5.92 Å². The Morgan fingerprint density at radius 1 is 1.29 bits per heavy atom. The SMILES string of the molecule is COc1cc(CN=C(N)NCCC(C)C)ccc1OCC(F)(F)F. The van der Waals surface area contributed by atoms with Crippen molar-refractivity contribution in [1.82, 2.24) is 5.32 Å². The average molecular weight is 347 g/mol. The maximum absolute atomic E-state index is 12.2. The lowest BCUT2D eigenvalue weighted by Crippen LogP contribution is -2.32. The summed E-state index contributed by atoms with van der Waals surface area (Å²) in [6.45, 7) is 3.89. The predicted molar refractivity (Wildman–Crippen MR) is 87.3 cm³/mol. The van der Waals surface area contributed by atoms with E-state index in [0.717, 1.165) is 18.5 Å². The van der Waals surface area contributed by atoms with Crippen molar-refractivity contribution in [3.8, 4) is 11.5 Å². The molecular weight excluding hydrogens is 323 g/mol. The van der Waals surface area contributed by atoms with Crippen molar-refractivity contribution in [3.05, 3.63) is 23.8 Å². The lowest BCUT2D eigenvalue weighted by atomic mass is 10.1. The van der Waals surface area contributed by atoms with E-state index in [0.29, 0.717) is 11.9 Å². The number of ether oxygens (including phenoxy) is 2. The van der Waals surface area contributed by atoms with Crippen LogP contribution in [0.1, 0.15) is 25.8 Å². The highest BCUT2D eigenvalue weighted by molar-refractivity contribution is 5.77. The summed E-state index contributed by atoms with van der Waals surface area (Å²) < 4.78 is 46.4. The van der Waals surface area contributed by atoms with Gasteiger partial charge < -0.3 is 20.5 Å². The van der Waals surface area contributed by atoms with E-state index < -0.39 is 12.8 Å². The third kappa shape index (κ3) is 7.94. The van der Waals surface area contributed by atoms with Gasteiger partial charge in [0, 0.05) is 6.54 Å². The summed E-state index contributed by atoms with van der Waals surface area (Å²) in [5.41, 5.74) is 6.51. The number of hydrogen-bond donors (Lipinski definition) is 2. The highest BCUT2D eigenvalue weighted by Crippen LogP contribution is 2.30. The van der Waals surface area contributed by atoms with Crippen LogP contribution >= 0.6 is 0 Å². The van der Waals surface area contributed by atoms with Gasteiger partial charge in [-0.1, -0.05) is 19.9 Å². The molecule has 24 heavy (non-hydrogen) atoms. The van der Waals surface area contributed by atoms with Gasteiger partial charge in [-0.2, -0.15) is 13.2 Å². The fourth-order valence-corrected chi connectivity index (χ4v) is 1.81. The largest absolute Gasteiger partial charge is 0.493 e. The van der Waals surface area contributed by atoms with E-state index in [1.54, 1.807) is 12.1 Å². The molecule has 0 saturated carbocycles. The Morgan fingerprint density at radius 2 is 2.00 bits per heavy atom. The van der Waals surface area contributed by atoms with Crippen LogP contribution in [-0.2, 0) is 6.54 Å². The molecule has 1 aromatic rings. The maximum Gasteiger partial charge on any atom is 0.422 e. The van der Waals surface area contributed by atoms with Crippen LogP contribution in [0.3, 0.4) is 0 Å². The number of nitrogens with two attached hydrogens (primary N) is 1. The van der Waals surface area contributed by atoms with Crippen LogP contribution in [0.2, 0.25) is 0 Å². The molecule has 0 atom stereocenters. The lowest BCUT2D eigenvalue weighted by molar-refractivity contribution is -0.153. The van der Waals surface area contributed by atoms with Crippen molar-refractivity contribution in [3.63, 3.8) is 0 Å². The maximum atomic E-state index is 12.2. The van der Waals surface area contributed by atoms with Crippen LogP contribution in [0.25, 0.3) is 0 Å². The zero-order valence-corrected chi connectivity index (χ0v) is 14.1. The highest BCUT2D eigenvalue weighted by Gasteiger charge is 2.29. The standard InChI is InChI=1S/C16H24F3N3O2/c1-11(2)6-7-21-15(20)22-9-12-4-5-13(14(8-12)23-3)24-10-16(17,18)19/h4-5,8,11H,6-7,9-10H2,1-3H3,(H3,20,21,22). The molecule has 0 heterocycles. The Bertz CT molecular complexity index is 546. The fourth-order valence-electron chi connectivity index (χ4n) is 1.81. The molecule has 0 saturated heterocycles. The number of aliphatic imine (C=N–C) groups is 1.